The van der Waals surface area contributed by atoms with Gasteiger partial charge in [-0.1, -0.05) is 6.08 Å². The molecule has 3 saturated heterocycles. The van der Waals surface area contributed by atoms with Crippen molar-refractivity contribution in [2.75, 3.05) is 59.3 Å². The zero-order chi connectivity index (χ0) is 28.2. The number of nitrogens with zero attached hydrogens (tertiary/aromatic N) is 3. The van der Waals surface area contributed by atoms with E-state index in [1.165, 1.54) is 6.08 Å². The number of urea groups is 3. The Morgan fingerprint density at radius 2 is 1.03 bits per heavy atom. The van der Waals surface area contributed by atoms with E-state index in [0.29, 0.717) is 52.5 Å². The van der Waals surface area contributed by atoms with Gasteiger partial charge in [-0.2, -0.15) is 9.69 Å². The van der Waals surface area contributed by atoms with Gasteiger partial charge in [0.15, 0.2) is 11.3 Å². The number of imide groups is 3. The van der Waals surface area contributed by atoms with Gasteiger partial charge >= 0.3 is 35.7 Å². The standard InChI is InChI=1S/C24H45N3O9Si2/c1-8-17-25-22(28)26(18-15-20(26)37(31-9-2,32-10-3)33-11-4)24(30)27(23(25)29)19-16-21(27)38(34-12-5,35-13-6)36-14-7/h8,20-21H,1,9-19H2,2-7H3/q+2. The first kappa shape index (κ1) is 31.2. The van der Waals surface area contributed by atoms with Crippen molar-refractivity contribution in [3.8, 4) is 0 Å². The Kier molecular flexibility index (Phi) is 10.2. The minimum Gasteiger partial charge on any atom is -0.370 e. The molecule has 14 heteroatoms. The summed E-state index contributed by atoms with van der Waals surface area (Å²) in [6.45, 7) is 17.0. The van der Waals surface area contributed by atoms with Crippen LogP contribution >= 0.6 is 0 Å². The molecule has 216 valence electrons. The molecule has 0 aromatic heterocycles. The molecular formula is C24H45N3O9Si2+2. The average Bonchev–Trinajstić information content (AvgIpc) is 2.82. The summed E-state index contributed by atoms with van der Waals surface area (Å²) in [5, 5.41) is 0. The molecule has 3 fully saturated rings. The summed E-state index contributed by atoms with van der Waals surface area (Å²) in [5.41, 5.74) is -1.33. The maximum absolute atomic E-state index is 14.8. The molecule has 12 nitrogen and oxygen atoms in total. The van der Waals surface area contributed by atoms with E-state index in [2.05, 4.69) is 6.58 Å². The van der Waals surface area contributed by atoms with Crippen LogP contribution < -0.4 is 0 Å². The van der Waals surface area contributed by atoms with Crippen LogP contribution in [0.25, 0.3) is 0 Å². The second-order valence-electron chi connectivity index (χ2n) is 9.35. The molecule has 3 aliphatic heterocycles. The van der Waals surface area contributed by atoms with Crippen LogP contribution in [0.15, 0.2) is 12.7 Å². The highest BCUT2D eigenvalue weighted by atomic mass is 28.4. The van der Waals surface area contributed by atoms with Crippen LogP contribution in [0.4, 0.5) is 14.4 Å². The maximum Gasteiger partial charge on any atom is 0.564 e. The van der Waals surface area contributed by atoms with E-state index in [-0.39, 0.29) is 19.6 Å². The fourth-order valence-corrected chi connectivity index (χ4v) is 13.0. The number of rotatable bonds is 16. The van der Waals surface area contributed by atoms with E-state index in [4.69, 9.17) is 26.6 Å². The van der Waals surface area contributed by atoms with E-state index < -0.39 is 56.0 Å². The predicted molar refractivity (Wildman–Crippen MR) is 141 cm³/mol. The third kappa shape index (κ3) is 4.48. The van der Waals surface area contributed by atoms with E-state index >= 15 is 0 Å². The van der Waals surface area contributed by atoms with Crippen molar-refractivity contribution in [3.05, 3.63) is 12.7 Å². The minimum atomic E-state index is -3.52. The molecular weight excluding hydrogens is 530 g/mol. The lowest BCUT2D eigenvalue weighted by molar-refractivity contribution is -0.964. The van der Waals surface area contributed by atoms with Crippen LogP contribution in [0, 0.1) is 0 Å². The Hall–Kier alpha value is -1.34. The molecule has 0 aromatic rings. The Morgan fingerprint density at radius 1 is 0.711 bits per heavy atom. The summed E-state index contributed by atoms with van der Waals surface area (Å²) in [7, 11) is -7.04. The molecule has 0 N–H and O–H groups in total. The molecule has 0 saturated carbocycles. The molecule has 3 heterocycles. The van der Waals surface area contributed by atoms with Gasteiger partial charge in [-0.15, -0.1) is 15.5 Å². The SMILES string of the molecule is C=CCN1C(=O)[N+]2(CCC2[Si](OCC)(OCC)OCC)C(=O)[N+]2(CCC2[Si](OCC)(OCC)OCC)C1=O. The fraction of sp³-hybridized carbons (Fsp3) is 0.792. The fourth-order valence-electron chi connectivity index (χ4n) is 6.16. The van der Waals surface area contributed by atoms with E-state index in [1.807, 2.05) is 41.5 Å². The monoisotopic (exact) mass is 575 g/mol. The van der Waals surface area contributed by atoms with Gasteiger partial charge in [-0.05, 0) is 41.5 Å². The van der Waals surface area contributed by atoms with Crippen molar-refractivity contribution in [1.82, 2.24) is 4.90 Å². The molecule has 4 unspecified atom stereocenters. The van der Waals surface area contributed by atoms with Crippen LogP contribution in [0.3, 0.4) is 0 Å². The Bertz CT molecular complexity index is 811. The molecule has 0 bridgehead atoms. The zero-order valence-corrected chi connectivity index (χ0v) is 25.7. The van der Waals surface area contributed by atoms with Crippen molar-refractivity contribution in [3.63, 3.8) is 0 Å². The number of hydrogen-bond donors (Lipinski definition) is 0. The first-order valence-electron chi connectivity index (χ1n) is 13.8. The summed E-state index contributed by atoms with van der Waals surface area (Å²) in [6.07, 6.45) is 2.49. The lowest BCUT2D eigenvalue weighted by atomic mass is 10.0. The van der Waals surface area contributed by atoms with E-state index in [0.717, 1.165) is 4.90 Å². The highest BCUT2D eigenvalue weighted by molar-refractivity contribution is 6.63. The number of hydrogen-bond acceptors (Lipinski definition) is 9. The van der Waals surface area contributed by atoms with Crippen molar-refractivity contribution in [2.45, 2.75) is 65.7 Å². The van der Waals surface area contributed by atoms with Crippen LogP contribution in [-0.2, 0) is 26.6 Å². The Labute approximate surface area is 228 Å². The summed E-state index contributed by atoms with van der Waals surface area (Å²) < 4.78 is 35.8. The van der Waals surface area contributed by atoms with Gasteiger partial charge in [0.2, 0.25) is 0 Å². The predicted octanol–water partition coefficient (Wildman–Crippen LogP) is 3.20. The topological polar surface area (TPSA) is 110 Å². The molecule has 6 amide bonds. The summed E-state index contributed by atoms with van der Waals surface area (Å²) >= 11 is 0. The second-order valence-corrected chi connectivity index (χ2v) is 14.8. The third-order valence-electron chi connectivity index (χ3n) is 7.60. The first-order valence-corrected chi connectivity index (χ1v) is 17.4. The van der Waals surface area contributed by atoms with Crippen LogP contribution in [0.5, 0.6) is 0 Å². The molecule has 4 atom stereocenters. The minimum absolute atomic E-state index is 0.0245. The normalized spacial score (nSPS) is 29.6. The van der Waals surface area contributed by atoms with Crippen LogP contribution in [0.2, 0.25) is 0 Å². The lowest BCUT2D eigenvalue weighted by Crippen LogP contribution is -2.95. The molecule has 2 spiro atoms. The first-order chi connectivity index (χ1) is 18.2. The Morgan fingerprint density at radius 3 is 1.24 bits per heavy atom. The van der Waals surface area contributed by atoms with Crippen LogP contribution in [0.1, 0.15) is 54.4 Å². The number of amides is 6. The van der Waals surface area contributed by atoms with Gasteiger partial charge in [0, 0.05) is 39.6 Å². The number of quaternary nitrogens is 2. The summed E-state index contributed by atoms with van der Waals surface area (Å²) in [6, 6.07) is -1.67. The second kappa shape index (κ2) is 12.5. The van der Waals surface area contributed by atoms with E-state index in [9.17, 15) is 14.4 Å². The third-order valence-corrected chi connectivity index (χ3v) is 14.8. The van der Waals surface area contributed by atoms with Gasteiger partial charge in [-0.3, -0.25) is 0 Å². The average molecular weight is 576 g/mol. The summed E-state index contributed by atoms with van der Waals surface area (Å²) in [4.78, 5) is 44.2. The molecule has 0 aliphatic carbocycles. The summed E-state index contributed by atoms with van der Waals surface area (Å²) in [5.74, 6) is 0. The molecule has 0 radical (unpaired) electrons. The van der Waals surface area contributed by atoms with Gasteiger partial charge < -0.3 is 26.6 Å². The van der Waals surface area contributed by atoms with Crippen molar-refractivity contribution in [2.24, 2.45) is 0 Å². The maximum atomic E-state index is 14.8. The highest BCUT2D eigenvalue weighted by Crippen LogP contribution is 2.50. The smallest absolute Gasteiger partial charge is 0.370 e. The van der Waals surface area contributed by atoms with Crippen molar-refractivity contribution in [1.29, 1.82) is 0 Å². The lowest BCUT2D eigenvalue weighted by Gasteiger charge is -2.59. The molecule has 3 rings (SSSR count). The van der Waals surface area contributed by atoms with E-state index in [1.54, 1.807) is 0 Å². The van der Waals surface area contributed by atoms with Crippen molar-refractivity contribution >= 4 is 35.7 Å². The molecule has 38 heavy (non-hydrogen) atoms. The van der Waals surface area contributed by atoms with Gasteiger partial charge in [0.05, 0.1) is 19.4 Å². The van der Waals surface area contributed by atoms with Gasteiger partial charge in [0.25, 0.3) is 0 Å². The zero-order valence-electron chi connectivity index (χ0n) is 23.7. The Balaban J connectivity index is 2.21. The van der Waals surface area contributed by atoms with Crippen LogP contribution in [-0.4, -0.2) is 120 Å². The number of carbonyl (C=O) groups excluding carboxylic acids is 3. The largest absolute Gasteiger partial charge is 0.564 e. The number of carbonyl (C=O) groups is 3. The molecule has 0 aromatic carbocycles. The quantitative estimate of drug-likeness (QED) is 0.156. The van der Waals surface area contributed by atoms with Gasteiger partial charge in [-0.25, -0.2) is 9.59 Å². The van der Waals surface area contributed by atoms with Gasteiger partial charge in [0.1, 0.15) is 13.1 Å². The van der Waals surface area contributed by atoms with Crippen molar-refractivity contribution < 1.29 is 49.9 Å². The highest BCUT2D eigenvalue weighted by Gasteiger charge is 2.86. The molecule has 3 aliphatic rings.